The van der Waals surface area contributed by atoms with Crippen molar-refractivity contribution in [1.82, 2.24) is 0 Å². The van der Waals surface area contributed by atoms with Crippen LogP contribution in [0.25, 0.3) is 0 Å². The highest BCUT2D eigenvalue weighted by Gasteiger charge is 2.30. The number of phosphoric ester groups is 2. The van der Waals surface area contributed by atoms with Crippen LogP contribution in [0.4, 0.5) is 0 Å². The number of carbonyl (C=O) groups is 4. The Balaban J connectivity index is 5.19. The van der Waals surface area contributed by atoms with E-state index in [1.807, 2.05) is 0 Å². The zero-order chi connectivity index (χ0) is 68.6. The van der Waals surface area contributed by atoms with Gasteiger partial charge in [0, 0.05) is 25.7 Å². The third-order valence-corrected chi connectivity index (χ3v) is 19.1. The number of rotatable bonds is 73. The molecule has 0 saturated heterocycles. The Morgan fingerprint density at radius 3 is 0.731 bits per heavy atom. The molecular formula is C74H144O17P2. The Kier molecular flexibility index (Phi) is 64.6. The first-order valence-electron chi connectivity index (χ1n) is 38.5. The van der Waals surface area contributed by atoms with Crippen molar-refractivity contribution >= 4 is 39.5 Å². The molecule has 93 heavy (non-hydrogen) atoms. The van der Waals surface area contributed by atoms with Gasteiger partial charge in [-0.05, 0) is 37.5 Å². The average Bonchev–Trinajstić information content (AvgIpc) is 2.89. The molecule has 3 N–H and O–H groups in total. The van der Waals surface area contributed by atoms with E-state index in [0.29, 0.717) is 31.6 Å². The summed E-state index contributed by atoms with van der Waals surface area (Å²) in [6, 6.07) is 0. The molecule has 0 aromatic carbocycles. The first kappa shape index (κ1) is 91.1. The number of unbranched alkanes of at least 4 members (excludes halogenated alkanes) is 43. The quantitative estimate of drug-likeness (QED) is 0.0222. The van der Waals surface area contributed by atoms with Gasteiger partial charge < -0.3 is 33.8 Å². The van der Waals surface area contributed by atoms with Crippen LogP contribution < -0.4 is 0 Å². The summed E-state index contributed by atoms with van der Waals surface area (Å²) in [5, 5.41) is 10.6. The molecule has 0 aliphatic rings. The summed E-state index contributed by atoms with van der Waals surface area (Å²) in [6.45, 7) is 9.50. The minimum absolute atomic E-state index is 0.104. The van der Waals surface area contributed by atoms with Crippen LogP contribution in [0.2, 0.25) is 0 Å². The fraction of sp³-hybridized carbons (Fsp3) is 0.946. The summed E-state index contributed by atoms with van der Waals surface area (Å²) >= 11 is 0. The van der Waals surface area contributed by atoms with Gasteiger partial charge in [0.1, 0.15) is 19.3 Å². The lowest BCUT2D eigenvalue weighted by Gasteiger charge is -2.21. The van der Waals surface area contributed by atoms with Crippen LogP contribution in [0.15, 0.2) is 0 Å². The molecule has 0 radical (unpaired) electrons. The van der Waals surface area contributed by atoms with Crippen molar-refractivity contribution in [2.75, 3.05) is 39.6 Å². The molecule has 19 heteroatoms. The van der Waals surface area contributed by atoms with Crippen LogP contribution in [0.1, 0.15) is 382 Å². The molecule has 0 aliphatic carbocycles. The summed E-state index contributed by atoms with van der Waals surface area (Å²) in [5.41, 5.74) is 0. The molecule has 0 aliphatic heterocycles. The molecule has 17 nitrogen and oxygen atoms in total. The van der Waals surface area contributed by atoms with Gasteiger partial charge in [-0.2, -0.15) is 0 Å². The SMILES string of the molecule is CCCCCCCCCCCCCCCCCCCCCCC(=O)O[C@H](COC(=O)CCCCCCCCCCCCCC(C)C)COP(=O)(O)OC[C@@H](O)COP(=O)(O)OC[C@@H](COC(=O)CCCCCCCCCCC)OC(=O)CCCCCCCCCC(C)C. The summed E-state index contributed by atoms with van der Waals surface area (Å²) in [7, 11) is -9.90. The van der Waals surface area contributed by atoms with E-state index in [0.717, 1.165) is 95.8 Å². The van der Waals surface area contributed by atoms with E-state index in [1.54, 1.807) is 0 Å². The van der Waals surface area contributed by atoms with Crippen LogP contribution in [0.3, 0.4) is 0 Å². The second-order valence-corrected chi connectivity index (χ2v) is 30.5. The topological polar surface area (TPSA) is 237 Å². The molecule has 0 heterocycles. The minimum atomic E-state index is -4.96. The van der Waals surface area contributed by atoms with E-state index in [1.165, 1.54) is 199 Å². The lowest BCUT2D eigenvalue weighted by molar-refractivity contribution is -0.161. The molecule has 0 saturated carbocycles. The number of aliphatic hydroxyl groups excluding tert-OH is 1. The minimum Gasteiger partial charge on any atom is -0.462 e. The monoisotopic (exact) mass is 1370 g/mol. The number of ether oxygens (including phenoxy) is 4. The smallest absolute Gasteiger partial charge is 0.462 e. The van der Waals surface area contributed by atoms with Gasteiger partial charge in [-0.15, -0.1) is 0 Å². The lowest BCUT2D eigenvalue weighted by Crippen LogP contribution is -2.30. The van der Waals surface area contributed by atoms with Gasteiger partial charge in [-0.25, -0.2) is 9.13 Å². The Hall–Kier alpha value is -1.94. The van der Waals surface area contributed by atoms with Crippen molar-refractivity contribution in [3.63, 3.8) is 0 Å². The number of carbonyl (C=O) groups excluding carboxylic acids is 4. The van der Waals surface area contributed by atoms with E-state index < -0.39 is 97.5 Å². The fourth-order valence-electron chi connectivity index (χ4n) is 11.3. The highest BCUT2D eigenvalue weighted by Crippen LogP contribution is 2.45. The molecule has 0 spiro atoms. The Morgan fingerprint density at radius 2 is 0.495 bits per heavy atom. The maximum absolute atomic E-state index is 13.1. The van der Waals surface area contributed by atoms with E-state index in [-0.39, 0.29) is 25.7 Å². The van der Waals surface area contributed by atoms with Gasteiger partial charge in [-0.3, -0.25) is 37.3 Å². The number of aliphatic hydroxyl groups is 1. The van der Waals surface area contributed by atoms with E-state index in [4.69, 9.17) is 37.0 Å². The summed E-state index contributed by atoms with van der Waals surface area (Å²) in [6.07, 6.45) is 52.9. The van der Waals surface area contributed by atoms with Crippen molar-refractivity contribution in [2.24, 2.45) is 11.8 Å². The first-order chi connectivity index (χ1) is 44.9. The van der Waals surface area contributed by atoms with Gasteiger partial charge >= 0.3 is 39.5 Å². The maximum Gasteiger partial charge on any atom is 0.472 e. The van der Waals surface area contributed by atoms with Crippen molar-refractivity contribution in [3.05, 3.63) is 0 Å². The van der Waals surface area contributed by atoms with Crippen LogP contribution >= 0.6 is 15.6 Å². The molecule has 0 aromatic heterocycles. The summed E-state index contributed by atoms with van der Waals surface area (Å²) < 4.78 is 68.4. The fourth-order valence-corrected chi connectivity index (χ4v) is 12.9. The Bertz CT molecular complexity index is 1800. The van der Waals surface area contributed by atoms with Crippen LogP contribution in [-0.2, 0) is 65.4 Å². The predicted octanol–water partition coefficient (Wildman–Crippen LogP) is 21.6. The molecule has 0 amide bonds. The van der Waals surface area contributed by atoms with E-state index >= 15 is 0 Å². The zero-order valence-electron chi connectivity index (χ0n) is 60.6. The second kappa shape index (κ2) is 66.0. The molecule has 0 rings (SSSR count). The Morgan fingerprint density at radius 1 is 0.290 bits per heavy atom. The molecule has 2 unspecified atom stereocenters. The zero-order valence-corrected chi connectivity index (χ0v) is 62.3. The second-order valence-electron chi connectivity index (χ2n) is 27.6. The van der Waals surface area contributed by atoms with Crippen LogP contribution in [-0.4, -0.2) is 96.7 Å². The average molecular weight is 1370 g/mol. The first-order valence-corrected chi connectivity index (χ1v) is 41.5. The molecule has 0 fully saturated rings. The van der Waals surface area contributed by atoms with Gasteiger partial charge in [0.25, 0.3) is 0 Å². The van der Waals surface area contributed by atoms with Gasteiger partial charge in [0.05, 0.1) is 26.4 Å². The van der Waals surface area contributed by atoms with Crippen LogP contribution in [0, 0.1) is 11.8 Å². The molecule has 0 aromatic rings. The van der Waals surface area contributed by atoms with E-state index in [9.17, 15) is 43.2 Å². The highest BCUT2D eigenvalue weighted by molar-refractivity contribution is 7.47. The Labute approximate surface area is 568 Å². The standard InChI is InChI=1S/C74H144O17P2/c1-7-9-11-13-15-17-18-19-20-21-22-23-24-25-26-29-34-40-46-52-58-73(78)90-69(62-85-72(77)57-51-45-39-33-30-27-28-32-36-42-48-54-66(3)4)64-88-92(80,81)86-60-68(75)61-87-93(82,83)89-65-70(63-84-71(76)56-50-44-38-31-16-14-12-10-8-2)91-74(79)59-53-47-41-35-37-43-49-55-67(5)6/h66-70,75H,7-65H2,1-6H3,(H,80,81)(H,82,83)/t68-,69-,70-/m1/s1. The third kappa shape index (κ3) is 68.4. The molecule has 5 atom stereocenters. The van der Waals surface area contributed by atoms with Gasteiger partial charge in [0.15, 0.2) is 12.2 Å². The largest absolute Gasteiger partial charge is 0.472 e. The van der Waals surface area contributed by atoms with Crippen molar-refractivity contribution in [1.29, 1.82) is 0 Å². The number of hydrogen-bond acceptors (Lipinski definition) is 15. The third-order valence-electron chi connectivity index (χ3n) is 17.2. The number of hydrogen-bond donors (Lipinski definition) is 3. The normalized spacial score (nSPS) is 14.1. The van der Waals surface area contributed by atoms with Crippen molar-refractivity contribution < 1.29 is 80.2 Å². The predicted molar refractivity (Wildman–Crippen MR) is 377 cm³/mol. The van der Waals surface area contributed by atoms with Crippen LogP contribution in [0.5, 0.6) is 0 Å². The number of esters is 4. The molecule has 0 bridgehead atoms. The maximum atomic E-state index is 13.1. The number of phosphoric acid groups is 2. The van der Waals surface area contributed by atoms with E-state index in [2.05, 4.69) is 41.5 Å². The lowest BCUT2D eigenvalue weighted by atomic mass is 10.0. The van der Waals surface area contributed by atoms with Crippen molar-refractivity contribution in [3.8, 4) is 0 Å². The summed E-state index contributed by atoms with van der Waals surface area (Å²) in [4.78, 5) is 72.6. The molecular weight excluding hydrogens is 1220 g/mol. The molecule has 552 valence electrons. The van der Waals surface area contributed by atoms with Crippen molar-refractivity contribution in [2.45, 2.75) is 400 Å². The van der Waals surface area contributed by atoms with Gasteiger partial charge in [-0.1, -0.05) is 330 Å². The highest BCUT2D eigenvalue weighted by atomic mass is 31.2. The van der Waals surface area contributed by atoms with Gasteiger partial charge in [0.2, 0.25) is 0 Å². The summed E-state index contributed by atoms with van der Waals surface area (Å²) in [5.74, 6) is -0.656.